The summed E-state index contributed by atoms with van der Waals surface area (Å²) >= 11 is 0. The number of nitrogens with zero attached hydrogens (tertiary/aromatic N) is 1. The molecular weight excluding hydrogens is 288 g/mol. The van der Waals surface area contributed by atoms with Crippen LogP contribution in [0.1, 0.15) is 17.3 Å². The SMILES string of the molecule is O=c1[nH]nc2c3c(cc(F)cc13)N[C@H](c1ccc(F)cc1)C2. The third kappa shape index (κ3) is 1.95. The highest BCUT2D eigenvalue weighted by Gasteiger charge is 2.24. The third-order valence-electron chi connectivity index (χ3n) is 3.93. The molecule has 22 heavy (non-hydrogen) atoms. The zero-order valence-corrected chi connectivity index (χ0v) is 11.4. The van der Waals surface area contributed by atoms with Gasteiger partial charge in [0.25, 0.3) is 5.56 Å². The average molecular weight is 299 g/mol. The summed E-state index contributed by atoms with van der Waals surface area (Å²) in [6, 6.07) is 8.53. The fourth-order valence-corrected chi connectivity index (χ4v) is 2.92. The van der Waals surface area contributed by atoms with E-state index in [2.05, 4.69) is 15.5 Å². The van der Waals surface area contributed by atoms with E-state index in [9.17, 15) is 13.6 Å². The lowest BCUT2D eigenvalue weighted by atomic mass is 9.94. The summed E-state index contributed by atoms with van der Waals surface area (Å²) in [6.07, 6.45) is 0.525. The maximum Gasteiger partial charge on any atom is 0.272 e. The van der Waals surface area contributed by atoms with Gasteiger partial charge < -0.3 is 5.32 Å². The van der Waals surface area contributed by atoms with E-state index in [-0.39, 0.29) is 17.2 Å². The van der Waals surface area contributed by atoms with Gasteiger partial charge in [-0.3, -0.25) is 4.79 Å². The van der Waals surface area contributed by atoms with E-state index in [4.69, 9.17) is 0 Å². The predicted molar refractivity (Wildman–Crippen MR) is 78.8 cm³/mol. The molecule has 0 spiro atoms. The molecule has 6 heteroatoms. The summed E-state index contributed by atoms with van der Waals surface area (Å²) in [5.74, 6) is -0.798. The summed E-state index contributed by atoms with van der Waals surface area (Å²) < 4.78 is 26.8. The number of aromatic amines is 1. The van der Waals surface area contributed by atoms with Crippen molar-refractivity contribution in [3.05, 3.63) is 69.6 Å². The molecule has 2 heterocycles. The quantitative estimate of drug-likeness (QED) is 0.726. The van der Waals surface area contributed by atoms with E-state index >= 15 is 0 Å². The zero-order chi connectivity index (χ0) is 15.3. The van der Waals surface area contributed by atoms with Gasteiger partial charge in [-0.2, -0.15) is 5.10 Å². The first-order valence-corrected chi connectivity index (χ1v) is 6.84. The molecule has 4 rings (SSSR count). The Labute approximate surface area is 123 Å². The van der Waals surface area contributed by atoms with Gasteiger partial charge in [0.1, 0.15) is 11.6 Å². The Hall–Kier alpha value is -2.76. The normalized spacial score (nSPS) is 16.5. The Bertz CT molecular complexity index is 935. The smallest absolute Gasteiger partial charge is 0.272 e. The van der Waals surface area contributed by atoms with Gasteiger partial charge in [-0.15, -0.1) is 0 Å². The largest absolute Gasteiger partial charge is 0.377 e. The molecule has 2 aromatic carbocycles. The van der Waals surface area contributed by atoms with Gasteiger partial charge >= 0.3 is 0 Å². The van der Waals surface area contributed by atoms with Crippen molar-refractivity contribution in [2.45, 2.75) is 12.5 Å². The number of nitrogens with one attached hydrogen (secondary N) is 2. The Morgan fingerprint density at radius 3 is 2.64 bits per heavy atom. The number of halogens is 2. The lowest BCUT2D eigenvalue weighted by Crippen LogP contribution is -2.23. The maximum absolute atomic E-state index is 13.7. The monoisotopic (exact) mass is 299 g/mol. The minimum atomic E-state index is -0.489. The summed E-state index contributed by atoms with van der Waals surface area (Å²) in [5, 5.41) is 10.6. The number of anilines is 1. The molecule has 110 valence electrons. The van der Waals surface area contributed by atoms with Crippen LogP contribution in [0.25, 0.3) is 10.8 Å². The van der Waals surface area contributed by atoms with Gasteiger partial charge in [0.15, 0.2) is 0 Å². The highest BCUT2D eigenvalue weighted by molar-refractivity contribution is 5.96. The number of benzene rings is 2. The number of rotatable bonds is 1. The van der Waals surface area contributed by atoms with E-state index in [1.807, 2.05) is 0 Å². The van der Waals surface area contributed by atoms with Crippen LogP contribution in [-0.4, -0.2) is 10.2 Å². The molecule has 1 atom stereocenters. The molecule has 4 nitrogen and oxygen atoms in total. The van der Waals surface area contributed by atoms with Gasteiger partial charge in [0.2, 0.25) is 0 Å². The molecule has 3 aromatic rings. The van der Waals surface area contributed by atoms with Crippen molar-refractivity contribution in [3.63, 3.8) is 0 Å². The second-order valence-electron chi connectivity index (χ2n) is 5.33. The van der Waals surface area contributed by atoms with Crippen LogP contribution in [0.5, 0.6) is 0 Å². The predicted octanol–water partition coefficient (Wildman–Crippen LogP) is 2.91. The Balaban J connectivity index is 1.87. The first-order valence-electron chi connectivity index (χ1n) is 6.84. The fraction of sp³-hybridized carbons (Fsp3) is 0.125. The van der Waals surface area contributed by atoms with Crippen LogP contribution in [0.3, 0.4) is 0 Å². The molecule has 0 saturated carbocycles. The molecule has 0 aliphatic carbocycles. The minimum absolute atomic E-state index is 0.156. The van der Waals surface area contributed by atoms with Gasteiger partial charge in [-0.05, 0) is 29.8 Å². The minimum Gasteiger partial charge on any atom is -0.377 e. The molecule has 0 saturated heterocycles. The first-order chi connectivity index (χ1) is 10.6. The summed E-state index contributed by atoms with van der Waals surface area (Å²) in [5.41, 5.74) is 1.68. The van der Waals surface area contributed by atoms with E-state index in [0.29, 0.717) is 23.2 Å². The third-order valence-corrected chi connectivity index (χ3v) is 3.93. The van der Waals surface area contributed by atoms with Crippen molar-refractivity contribution >= 4 is 16.5 Å². The van der Waals surface area contributed by atoms with Crippen LogP contribution >= 0.6 is 0 Å². The molecule has 1 aliphatic heterocycles. The van der Waals surface area contributed by atoms with Crippen molar-refractivity contribution < 1.29 is 8.78 Å². The highest BCUT2D eigenvalue weighted by atomic mass is 19.1. The molecule has 1 aliphatic rings. The van der Waals surface area contributed by atoms with Gasteiger partial charge in [-0.25, -0.2) is 13.9 Å². The van der Waals surface area contributed by atoms with E-state index in [1.165, 1.54) is 24.3 Å². The molecule has 0 unspecified atom stereocenters. The Morgan fingerprint density at radius 1 is 1.09 bits per heavy atom. The Morgan fingerprint density at radius 2 is 1.86 bits per heavy atom. The molecular formula is C16H11F2N3O. The molecule has 0 fully saturated rings. The second-order valence-corrected chi connectivity index (χ2v) is 5.33. The molecule has 0 radical (unpaired) electrons. The van der Waals surface area contributed by atoms with Crippen molar-refractivity contribution in [1.82, 2.24) is 10.2 Å². The van der Waals surface area contributed by atoms with Crippen LogP contribution in [0, 0.1) is 11.6 Å². The number of aromatic nitrogens is 2. The fourth-order valence-electron chi connectivity index (χ4n) is 2.92. The highest BCUT2D eigenvalue weighted by Crippen LogP contribution is 2.35. The van der Waals surface area contributed by atoms with Crippen molar-refractivity contribution in [2.24, 2.45) is 0 Å². The van der Waals surface area contributed by atoms with Crippen molar-refractivity contribution in [3.8, 4) is 0 Å². The summed E-state index contributed by atoms with van der Waals surface area (Å²) in [4.78, 5) is 11.8. The van der Waals surface area contributed by atoms with E-state index < -0.39 is 11.4 Å². The average Bonchev–Trinajstić information content (AvgIpc) is 2.51. The van der Waals surface area contributed by atoms with E-state index in [0.717, 1.165) is 5.56 Å². The van der Waals surface area contributed by atoms with E-state index in [1.54, 1.807) is 12.1 Å². The molecule has 0 amide bonds. The lowest BCUT2D eigenvalue weighted by molar-refractivity contribution is 0.624. The lowest BCUT2D eigenvalue weighted by Gasteiger charge is -2.26. The number of H-pyrrole nitrogens is 1. The van der Waals surface area contributed by atoms with Crippen molar-refractivity contribution in [2.75, 3.05) is 5.32 Å². The standard InChI is InChI=1S/C16H11F2N3O/c17-9-3-1-8(2-4-9)12-7-14-15-11(16(22)21-20-14)5-10(18)6-13(15)19-12/h1-6,12,19H,7H2,(H,21,22)/t12-/m0/s1. The number of hydrogen-bond donors (Lipinski definition) is 2. The van der Waals surface area contributed by atoms with Crippen LogP contribution in [0.2, 0.25) is 0 Å². The van der Waals surface area contributed by atoms with Crippen LogP contribution in [0.15, 0.2) is 41.2 Å². The first kappa shape index (κ1) is 12.9. The number of hydrogen-bond acceptors (Lipinski definition) is 3. The summed E-state index contributed by atoms with van der Waals surface area (Å²) in [6.45, 7) is 0. The second kappa shape index (κ2) is 4.62. The molecule has 1 aromatic heterocycles. The van der Waals surface area contributed by atoms with Gasteiger partial charge in [-0.1, -0.05) is 12.1 Å². The van der Waals surface area contributed by atoms with Crippen LogP contribution in [-0.2, 0) is 6.42 Å². The van der Waals surface area contributed by atoms with Gasteiger partial charge in [0, 0.05) is 17.5 Å². The topological polar surface area (TPSA) is 57.8 Å². The molecule has 2 N–H and O–H groups in total. The van der Waals surface area contributed by atoms with Crippen LogP contribution in [0.4, 0.5) is 14.5 Å². The summed E-state index contributed by atoms with van der Waals surface area (Å²) in [7, 11) is 0. The van der Waals surface area contributed by atoms with Crippen LogP contribution < -0.4 is 10.9 Å². The van der Waals surface area contributed by atoms with Gasteiger partial charge in [0.05, 0.1) is 17.1 Å². The maximum atomic E-state index is 13.7. The van der Waals surface area contributed by atoms with Crippen molar-refractivity contribution in [1.29, 1.82) is 0 Å². The Kier molecular flexibility index (Phi) is 2.72. The molecule has 0 bridgehead atoms. The zero-order valence-electron chi connectivity index (χ0n) is 11.4.